The number of aromatic nitrogens is 1. The van der Waals surface area contributed by atoms with Crippen molar-refractivity contribution in [3.05, 3.63) is 71.8 Å². The van der Waals surface area contributed by atoms with Crippen molar-refractivity contribution in [3.63, 3.8) is 0 Å². The molecule has 0 atom stereocenters. The van der Waals surface area contributed by atoms with E-state index in [2.05, 4.69) is 42.9 Å². The van der Waals surface area contributed by atoms with Crippen molar-refractivity contribution >= 4 is 23.0 Å². The Bertz CT molecular complexity index is 1220. The summed E-state index contributed by atoms with van der Waals surface area (Å²) in [5.74, 6) is 1.05. The molecule has 0 unspecified atom stereocenters. The lowest BCUT2D eigenvalue weighted by molar-refractivity contribution is 0.373. The number of rotatable bonds is 4. The number of hydrogen-bond donors (Lipinski definition) is 1. The fourth-order valence-corrected chi connectivity index (χ4v) is 3.18. The molecule has 1 aromatic heterocycles. The third-order valence-electron chi connectivity index (χ3n) is 4.97. The average Bonchev–Trinajstić information content (AvgIpc) is 3.16. The molecule has 0 bridgehead atoms. The number of benzene rings is 3. The molecule has 30 heavy (non-hydrogen) atoms. The summed E-state index contributed by atoms with van der Waals surface area (Å²) in [6, 6.07) is 19.1. The van der Waals surface area contributed by atoms with Gasteiger partial charge >= 0.3 is 0 Å². The maximum atomic E-state index is 10.2. The third kappa shape index (κ3) is 3.92. The number of hydrogen-bond acceptors (Lipinski definition) is 5. The molecule has 0 saturated heterocycles. The van der Waals surface area contributed by atoms with Gasteiger partial charge in [0.15, 0.2) is 17.1 Å². The van der Waals surface area contributed by atoms with E-state index >= 15 is 0 Å². The van der Waals surface area contributed by atoms with E-state index in [-0.39, 0.29) is 11.2 Å². The van der Waals surface area contributed by atoms with Gasteiger partial charge in [0.05, 0.1) is 12.8 Å². The highest BCUT2D eigenvalue weighted by Gasteiger charge is 2.15. The smallest absolute Gasteiger partial charge is 0.227 e. The molecule has 5 nitrogen and oxygen atoms in total. The van der Waals surface area contributed by atoms with Crippen molar-refractivity contribution in [1.82, 2.24) is 4.98 Å². The highest BCUT2D eigenvalue weighted by molar-refractivity contribution is 5.88. The van der Waals surface area contributed by atoms with Crippen LogP contribution in [0, 0.1) is 0 Å². The average molecular weight is 400 g/mol. The Balaban J connectivity index is 1.61. The summed E-state index contributed by atoms with van der Waals surface area (Å²) >= 11 is 0. The number of para-hydroxylation sites is 1. The van der Waals surface area contributed by atoms with Gasteiger partial charge in [0.1, 0.15) is 5.52 Å². The van der Waals surface area contributed by atoms with Crippen molar-refractivity contribution in [2.24, 2.45) is 4.99 Å². The number of phenolic OH excluding ortho intramolecular Hbond substituents is 1. The molecule has 0 aliphatic heterocycles. The summed E-state index contributed by atoms with van der Waals surface area (Å²) in [4.78, 5) is 9.09. The van der Waals surface area contributed by atoms with E-state index in [4.69, 9.17) is 9.15 Å². The van der Waals surface area contributed by atoms with Crippen molar-refractivity contribution in [1.29, 1.82) is 0 Å². The highest BCUT2D eigenvalue weighted by Crippen LogP contribution is 2.31. The molecule has 3 aromatic carbocycles. The van der Waals surface area contributed by atoms with Crippen LogP contribution < -0.4 is 4.74 Å². The van der Waals surface area contributed by atoms with Crippen molar-refractivity contribution < 1.29 is 14.3 Å². The van der Waals surface area contributed by atoms with E-state index in [1.54, 1.807) is 24.4 Å². The van der Waals surface area contributed by atoms with E-state index < -0.39 is 0 Å². The van der Waals surface area contributed by atoms with E-state index in [0.29, 0.717) is 28.5 Å². The van der Waals surface area contributed by atoms with E-state index in [0.717, 1.165) is 11.1 Å². The molecule has 0 radical (unpaired) electrons. The molecular formula is C25H24N2O3. The Morgan fingerprint density at radius 1 is 1.03 bits per heavy atom. The van der Waals surface area contributed by atoms with Crippen molar-refractivity contribution in [3.8, 4) is 23.0 Å². The molecule has 5 heteroatoms. The second-order valence-corrected chi connectivity index (χ2v) is 8.15. The lowest BCUT2D eigenvalue weighted by Crippen LogP contribution is -2.10. The van der Waals surface area contributed by atoms with Gasteiger partial charge in [0.25, 0.3) is 0 Å². The summed E-state index contributed by atoms with van der Waals surface area (Å²) in [6.45, 7) is 6.57. The largest absolute Gasteiger partial charge is 0.504 e. The molecule has 0 aliphatic carbocycles. The standard InChI is InChI=1S/C25H24N2O3/c1-25(2,3)18-10-8-16(9-11-18)24-27-20-14-19(12-13-21(20)30-24)26-15-17-6-5-7-22(29-4)23(17)28/h5-15,28H,1-4H3. The highest BCUT2D eigenvalue weighted by atomic mass is 16.5. The normalized spacial score (nSPS) is 12.0. The summed E-state index contributed by atoms with van der Waals surface area (Å²) in [6.07, 6.45) is 1.60. The maximum Gasteiger partial charge on any atom is 0.227 e. The lowest BCUT2D eigenvalue weighted by atomic mass is 9.87. The first kappa shape index (κ1) is 19.7. The van der Waals surface area contributed by atoms with Crippen LogP contribution in [0.1, 0.15) is 31.9 Å². The van der Waals surface area contributed by atoms with Crippen molar-refractivity contribution in [2.75, 3.05) is 7.11 Å². The molecule has 0 amide bonds. The molecule has 1 heterocycles. The van der Waals surface area contributed by atoms with Gasteiger partial charge in [-0.25, -0.2) is 4.98 Å². The minimum absolute atomic E-state index is 0.0623. The minimum atomic E-state index is 0.0623. The zero-order valence-electron chi connectivity index (χ0n) is 17.5. The summed E-state index contributed by atoms with van der Waals surface area (Å²) in [7, 11) is 1.52. The molecule has 1 N–H and O–H groups in total. The monoisotopic (exact) mass is 400 g/mol. The van der Waals surface area contributed by atoms with Crippen LogP contribution in [0.5, 0.6) is 11.5 Å². The number of methoxy groups -OCH3 is 1. The van der Waals surface area contributed by atoms with E-state index in [1.807, 2.05) is 30.3 Å². The zero-order valence-corrected chi connectivity index (χ0v) is 17.5. The van der Waals surface area contributed by atoms with Crippen LogP contribution in [-0.4, -0.2) is 23.4 Å². The number of ether oxygens (including phenoxy) is 1. The molecule has 0 fully saturated rings. The van der Waals surface area contributed by atoms with Crippen LogP contribution in [0.15, 0.2) is 70.1 Å². The van der Waals surface area contributed by atoms with Gasteiger partial charge in [-0.05, 0) is 53.4 Å². The summed E-state index contributed by atoms with van der Waals surface area (Å²) in [5, 5.41) is 10.2. The number of oxazole rings is 1. The Morgan fingerprint density at radius 3 is 2.50 bits per heavy atom. The predicted octanol–water partition coefficient (Wildman–Crippen LogP) is 6.26. The third-order valence-corrected chi connectivity index (χ3v) is 4.97. The topological polar surface area (TPSA) is 67.9 Å². The molecule has 0 spiro atoms. The zero-order chi connectivity index (χ0) is 21.3. The van der Waals surface area contributed by atoms with Gasteiger partial charge < -0.3 is 14.3 Å². The lowest BCUT2D eigenvalue weighted by Gasteiger charge is -2.18. The SMILES string of the molecule is COc1cccc(C=Nc2ccc3oc(-c4ccc(C(C)(C)C)cc4)nc3c2)c1O. The number of fused-ring (bicyclic) bond motifs is 1. The predicted molar refractivity (Wildman–Crippen MR) is 120 cm³/mol. The molecule has 152 valence electrons. The van der Waals surface area contributed by atoms with Gasteiger partial charge in [0.2, 0.25) is 5.89 Å². The Kier molecular flexibility index (Phi) is 5.04. The van der Waals surface area contributed by atoms with Crippen LogP contribution in [0.3, 0.4) is 0 Å². The first-order chi connectivity index (χ1) is 14.3. The van der Waals surface area contributed by atoms with E-state index in [9.17, 15) is 5.11 Å². The fourth-order valence-electron chi connectivity index (χ4n) is 3.18. The van der Waals surface area contributed by atoms with Crippen LogP contribution >= 0.6 is 0 Å². The Labute approximate surface area is 175 Å². The molecule has 4 rings (SSSR count). The minimum Gasteiger partial charge on any atom is -0.504 e. The summed E-state index contributed by atoms with van der Waals surface area (Å²) in [5.41, 5.74) is 5.03. The van der Waals surface area contributed by atoms with Gasteiger partial charge in [-0.1, -0.05) is 39.0 Å². The molecule has 0 aliphatic rings. The first-order valence-corrected chi connectivity index (χ1v) is 9.77. The maximum absolute atomic E-state index is 10.2. The van der Waals surface area contributed by atoms with Crippen LogP contribution in [-0.2, 0) is 5.41 Å². The first-order valence-electron chi connectivity index (χ1n) is 9.77. The van der Waals surface area contributed by atoms with Crippen LogP contribution in [0.2, 0.25) is 0 Å². The second-order valence-electron chi connectivity index (χ2n) is 8.15. The van der Waals surface area contributed by atoms with Crippen molar-refractivity contribution in [2.45, 2.75) is 26.2 Å². The Morgan fingerprint density at radius 2 is 1.80 bits per heavy atom. The number of aromatic hydroxyl groups is 1. The number of nitrogens with zero attached hydrogens (tertiary/aromatic N) is 2. The van der Waals surface area contributed by atoms with Gasteiger partial charge in [-0.15, -0.1) is 0 Å². The number of phenols is 1. The fraction of sp³-hybridized carbons (Fsp3) is 0.200. The molecular weight excluding hydrogens is 376 g/mol. The molecule has 4 aromatic rings. The summed E-state index contributed by atoms with van der Waals surface area (Å²) < 4.78 is 11.1. The van der Waals surface area contributed by atoms with Crippen LogP contribution in [0.4, 0.5) is 5.69 Å². The van der Waals surface area contributed by atoms with Gasteiger partial charge in [0, 0.05) is 17.3 Å². The molecule has 0 saturated carbocycles. The van der Waals surface area contributed by atoms with E-state index in [1.165, 1.54) is 12.7 Å². The number of aliphatic imine (C=N–C) groups is 1. The van der Waals surface area contributed by atoms with Gasteiger partial charge in [-0.3, -0.25) is 4.99 Å². The Hall–Kier alpha value is -3.60. The van der Waals surface area contributed by atoms with Gasteiger partial charge in [-0.2, -0.15) is 0 Å². The second kappa shape index (κ2) is 7.67. The van der Waals surface area contributed by atoms with Crippen LogP contribution in [0.25, 0.3) is 22.6 Å². The quantitative estimate of drug-likeness (QED) is 0.411.